The molecule has 0 unspecified atom stereocenters. The van der Waals surface area contributed by atoms with Crippen molar-refractivity contribution in [1.29, 1.82) is 0 Å². The minimum atomic E-state index is 0.270. The summed E-state index contributed by atoms with van der Waals surface area (Å²) < 4.78 is 0. The summed E-state index contributed by atoms with van der Waals surface area (Å²) >= 11 is 0. The number of β-amino-alcohol motifs (C(OH)–C–C–N with tert-alkyl or cyclic N) is 1. The Morgan fingerprint density at radius 3 is 2.71 bits per heavy atom. The van der Waals surface area contributed by atoms with Crippen molar-refractivity contribution < 1.29 is 5.11 Å². The Morgan fingerprint density at radius 1 is 1.35 bits per heavy atom. The highest BCUT2D eigenvalue weighted by Crippen LogP contribution is 2.21. The number of piperidine rings is 1. The van der Waals surface area contributed by atoms with E-state index in [2.05, 4.69) is 16.0 Å². The van der Waals surface area contributed by atoms with Crippen LogP contribution in [0.1, 0.15) is 18.4 Å². The third-order valence-electron chi connectivity index (χ3n) is 3.50. The number of anilines is 1. The zero-order chi connectivity index (χ0) is 12.1. The highest BCUT2D eigenvalue weighted by atomic mass is 16.3. The molecule has 0 aromatic carbocycles. The Balaban J connectivity index is 1.79. The molecular formula is C13H21N3O. The first-order valence-electron chi connectivity index (χ1n) is 6.31. The van der Waals surface area contributed by atoms with Crippen LogP contribution in [0.15, 0.2) is 18.3 Å². The van der Waals surface area contributed by atoms with Crippen LogP contribution in [-0.2, 0) is 6.42 Å². The van der Waals surface area contributed by atoms with Crippen molar-refractivity contribution >= 4 is 5.82 Å². The second-order valence-corrected chi connectivity index (χ2v) is 4.80. The molecule has 0 aliphatic carbocycles. The summed E-state index contributed by atoms with van der Waals surface area (Å²) in [6.07, 6.45) is 5.41. The fourth-order valence-electron chi connectivity index (χ4n) is 2.45. The molecule has 1 saturated heterocycles. The quantitative estimate of drug-likeness (QED) is 0.814. The lowest BCUT2D eigenvalue weighted by Gasteiger charge is -2.31. The number of nitrogens with zero attached hydrogens (tertiary/aromatic N) is 2. The Hall–Kier alpha value is -1.13. The number of nitrogen functional groups attached to an aromatic ring is 1. The van der Waals surface area contributed by atoms with Crippen molar-refractivity contribution in [1.82, 2.24) is 9.88 Å². The summed E-state index contributed by atoms with van der Waals surface area (Å²) in [5, 5.41) is 8.88. The first-order valence-corrected chi connectivity index (χ1v) is 6.31. The lowest BCUT2D eigenvalue weighted by molar-refractivity contribution is 0.147. The van der Waals surface area contributed by atoms with E-state index in [1.807, 2.05) is 12.3 Å². The van der Waals surface area contributed by atoms with Gasteiger partial charge in [0.1, 0.15) is 5.82 Å². The smallest absolute Gasteiger partial charge is 0.123 e. The molecule has 0 bridgehead atoms. The van der Waals surface area contributed by atoms with Crippen molar-refractivity contribution in [2.45, 2.75) is 19.3 Å². The lowest BCUT2D eigenvalue weighted by Crippen LogP contribution is -2.36. The summed E-state index contributed by atoms with van der Waals surface area (Å²) in [6, 6.07) is 3.94. The Labute approximate surface area is 102 Å². The molecular weight excluding hydrogens is 214 g/mol. The summed E-state index contributed by atoms with van der Waals surface area (Å²) in [5.41, 5.74) is 6.85. The van der Waals surface area contributed by atoms with E-state index in [1.54, 1.807) is 0 Å². The van der Waals surface area contributed by atoms with Gasteiger partial charge in [-0.25, -0.2) is 4.98 Å². The molecule has 1 fully saturated rings. The molecule has 1 aliphatic heterocycles. The fraction of sp³-hybridized carbons (Fsp3) is 0.615. The summed E-state index contributed by atoms with van der Waals surface area (Å²) in [4.78, 5) is 6.45. The molecule has 2 heterocycles. The molecule has 0 saturated carbocycles. The number of pyridine rings is 1. The van der Waals surface area contributed by atoms with Crippen LogP contribution < -0.4 is 5.73 Å². The van der Waals surface area contributed by atoms with Gasteiger partial charge in [-0.3, -0.25) is 0 Å². The average Bonchev–Trinajstić information content (AvgIpc) is 2.35. The molecule has 2 rings (SSSR count). The normalized spacial score (nSPS) is 18.4. The SMILES string of the molecule is Nc1ccc(CC2CCN(CCO)CC2)cn1. The summed E-state index contributed by atoms with van der Waals surface area (Å²) in [6.45, 7) is 3.30. The summed E-state index contributed by atoms with van der Waals surface area (Å²) in [7, 11) is 0. The highest BCUT2D eigenvalue weighted by molar-refractivity contribution is 5.29. The Morgan fingerprint density at radius 2 is 2.12 bits per heavy atom. The van der Waals surface area contributed by atoms with Crippen LogP contribution in [0.4, 0.5) is 5.82 Å². The van der Waals surface area contributed by atoms with E-state index in [-0.39, 0.29) is 6.61 Å². The van der Waals surface area contributed by atoms with Gasteiger partial charge < -0.3 is 15.7 Å². The van der Waals surface area contributed by atoms with Crippen molar-refractivity contribution in [3.63, 3.8) is 0 Å². The molecule has 94 valence electrons. The third-order valence-corrected chi connectivity index (χ3v) is 3.50. The van der Waals surface area contributed by atoms with Crippen molar-refractivity contribution in [3.05, 3.63) is 23.9 Å². The minimum absolute atomic E-state index is 0.270. The van der Waals surface area contributed by atoms with E-state index in [0.717, 1.165) is 32.0 Å². The van der Waals surface area contributed by atoms with E-state index in [9.17, 15) is 0 Å². The third kappa shape index (κ3) is 3.68. The molecule has 0 amide bonds. The van der Waals surface area contributed by atoms with Crippen LogP contribution in [0.2, 0.25) is 0 Å². The predicted octanol–water partition coefficient (Wildman–Crippen LogP) is 0.911. The predicted molar refractivity (Wildman–Crippen MR) is 68.6 cm³/mol. The van der Waals surface area contributed by atoms with Gasteiger partial charge in [-0.05, 0) is 49.9 Å². The average molecular weight is 235 g/mol. The van der Waals surface area contributed by atoms with Gasteiger partial charge in [-0.1, -0.05) is 6.07 Å². The molecule has 4 heteroatoms. The highest BCUT2D eigenvalue weighted by Gasteiger charge is 2.18. The van der Waals surface area contributed by atoms with E-state index in [1.165, 1.54) is 18.4 Å². The molecule has 0 atom stereocenters. The maximum absolute atomic E-state index is 8.88. The number of rotatable bonds is 4. The van der Waals surface area contributed by atoms with E-state index in [4.69, 9.17) is 10.8 Å². The van der Waals surface area contributed by atoms with Gasteiger partial charge in [0.05, 0.1) is 6.61 Å². The van der Waals surface area contributed by atoms with Gasteiger partial charge in [0.2, 0.25) is 0 Å². The van der Waals surface area contributed by atoms with Crippen LogP contribution in [0.3, 0.4) is 0 Å². The number of aromatic nitrogens is 1. The number of likely N-dealkylation sites (tertiary alicyclic amines) is 1. The largest absolute Gasteiger partial charge is 0.395 e. The number of hydrogen-bond acceptors (Lipinski definition) is 4. The van der Waals surface area contributed by atoms with Crippen molar-refractivity contribution in [2.24, 2.45) is 5.92 Å². The van der Waals surface area contributed by atoms with Gasteiger partial charge >= 0.3 is 0 Å². The van der Waals surface area contributed by atoms with Crippen LogP contribution in [0.5, 0.6) is 0 Å². The number of hydrogen-bond donors (Lipinski definition) is 2. The minimum Gasteiger partial charge on any atom is -0.395 e. The Bertz CT molecular complexity index is 331. The Kier molecular flexibility index (Phi) is 4.34. The summed E-state index contributed by atoms with van der Waals surface area (Å²) in [5.74, 6) is 1.34. The van der Waals surface area contributed by atoms with Crippen molar-refractivity contribution in [2.75, 3.05) is 32.0 Å². The maximum Gasteiger partial charge on any atom is 0.123 e. The number of nitrogens with two attached hydrogens (primary N) is 1. The first-order chi connectivity index (χ1) is 8.28. The second-order valence-electron chi connectivity index (χ2n) is 4.80. The molecule has 1 aromatic rings. The number of aliphatic hydroxyl groups is 1. The monoisotopic (exact) mass is 235 g/mol. The molecule has 0 radical (unpaired) electrons. The van der Waals surface area contributed by atoms with Gasteiger partial charge in [0, 0.05) is 12.7 Å². The topological polar surface area (TPSA) is 62.4 Å². The van der Waals surface area contributed by atoms with Gasteiger partial charge in [0.25, 0.3) is 0 Å². The van der Waals surface area contributed by atoms with Crippen LogP contribution >= 0.6 is 0 Å². The molecule has 4 nitrogen and oxygen atoms in total. The van der Waals surface area contributed by atoms with E-state index < -0.39 is 0 Å². The van der Waals surface area contributed by atoms with E-state index >= 15 is 0 Å². The van der Waals surface area contributed by atoms with Crippen LogP contribution in [0.25, 0.3) is 0 Å². The zero-order valence-electron chi connectivity index (χ0n) is 10.2. The van der Waals surface area contributed by atoms with E-state index in [0.29, 0.717) is 5.82 Å². The second kappa shape index (κ2) is 5.98. The maximum atomic E-state index is 8.88. The molecule has 17 heavy (non-hydrogen) atoms. The van der Waals surface area contributed by atoms with Gasteiger partial charge in [-0.2, -0.15) is 0 Å². The molecule has 0 spiro atoms. The molecule has 1 aromatic heterocycles. The van der Waals surface area contributed by atoms with Crippen LogP contribution in [0, 0.1) is 5.92 Å². The van der Waals surface area contributed by atoms with Crippen LogP contribution in [-0.4, -0.2) is 41.2 Å². The lowest BCUT2D eigenvalue weighted by atomic mass is 9.91. The first kappa shape index (κ1) is 12.3. The zero-order valence-corrected chi connectivity index (χ0v) is 10.2. The molecule has 3 N–H and O–H groups in total. The van der Waals surface area contributed by atoms with Gasteiger partial charge in [0.15, 0.2) is 0 Å². The van der Waals surface area contributed by atoms with Gasteiger partial charge in [-0.15, -0.1) is 0 Å². The number of aliphatic hydroxyl groups excluding tert-OH is 1. The standard InChI is InChI=1S/C13H21N3O/c14-13-2-1-12(10-15-13)9-11-3-5-16(6-4-11)7-8-17/h1-2,10-11,17H,3-9H2,(H2,14,15). The fourth-order valence-corrected chi connectivity index (χ4v) is 2.45. The van der Waals surface area contributed by atoms with Crippen molar-refractivity contribution in [3.8, 4) is 0 Å². The molecule has 1 aliphatic rings.